The number of sulfonamides is 1. The van der Waals surface area contributed by atoms with Gasteiger partial charge in [0.2, 0.25) is 10.0 Å². The summed E-state index contributed by atoms with van der Waals surface area (Å²) in [6, 6.07) is 8.10. The Hall–Kier alpha value is -1.34. The molecular weight excluding hydrogens is 335 g/mol. The number of para-hydroxylation sites is 1. The van der Waals surface area contributed by atoms with Crippen molar-refractivity contribution in [2.75, 3.05) is 6.61 Å². The van der Waals surface area contributed by atoms with Gasteiger partial charge in [-0.15, -0.1) is 0 Å². The largest absolute Gasteiger partial charge is 0.491 e. The molecule has 110 valence electrons. The first-order valence-electron chi connectivity index (χ1n) is 6.02. The van der Waals surface area contributed by atoms with Gasteiger partial charge in [-0.3, -0.25) is 0 Å². The summed E-state index contributed by atoms with van der Waals surface area (Å²) in [5, 5.41) is 0.146. The average molecular weight is 345 g/mol. The molecule has 0 fully saturated rings. The first-order chi connectivity index (χ1) is 9.97. The summed E-state index contributed by atoms with van der Waals surface area (Å²) in [6.07, 6.45) is 1.16. The highest BCUT2D eigenvalue weighted by atomic mass is 35.5. The van der Waals surface area contributed by atoms with Gasteiger partial charge in [-0.05, 0) is 12.1 Å². The molecule has 1 atom stereocenters. The minimum Gasteiger partial charge on any atom is -0.491 e. The Morgan fingerprint density at radius 1 is 1.29 bits per heavy atom. The third-order valence-electron chi connectivity index (χ3n) is 3.08. The summed E-state index contributed by atoms with van der Waals surface area (Å²) < 4.78 is 32.7. The maximum absolute atomic E-state index is 12.4. The molecule has 0 bridgehead atoms. The summed E-state index contributed by atoms with van der Waals surface area (Å²) in [5.74, 6) is 0.678. The van der Waals surface area contributed by atoms with Crippen molar-refractivity contribution in [1.29, 1.82) is 0 Å². The number of ether oxygens (including phenoxy) is 1. The van der Waals surface area contributed by atoms with Crippen LogP contribution >= 0.6 is 23.2 Å². The number of pyridine rings is 1. The maximum atomic E-state index is 12.4. The van der Waals surface area contributed by atoms with Crippen LogP contribution in [0.5, 0.6) is 5.75 Å². The molecular formula is C13H10Cl2N2O3S. The minimum atomic E-state index is -3.76. The molecule has 3 rings (SSSR count). The molecule has 2 heterocycles. The van der Waals surface area contributed by atoms with E-state index in [1.807, 2.05) is 18.2 Å². The first kappa shape index (κ1) is 14.6. The molecule has 1 aromatic heterocycles. The average Bonchev–Trinajstić information content (AvgIpc) is 2.85. The highest BCUT2D eigenvalue weighted by molar-refractivity contribution is 7.89. The van der Waals surface area contributed by atoms with E-state index in [4.69, 9.17) is 27.9 Å². The second-order valence-corrected chi connectivity index (χ2v) is 6.95. The number of rotatable bonds is 3. The van der Waals surface area contributed by atoms with Gasteiger partial charge >= 0.3 is 0 Å². The van der Waals surface area contributed by atoms with Gasteiger partial charge in [-0.25, -0.2) is 18.1 Å². The van der Waals surface area contributed by atoms with E-state index in [0.29, 0.717) is 5.75 Å². The quantitative estimate of drug-likeness (QED) is 0.869. The van der Waals surface area contributed by atoms with Crippen LogP contribution in [0.4, 0.5) is 0 Å². The molecule has 1 aliphatic rings. The zero-order valence-corrected chi connectivity index (χ0v) is 12.9. The lowest BCUT2D eigenvalue weighted by atomic mass is 10.1. The highest BCUT2D eigenvalue weighted by Crippen LogP contribution is 2.33. The van der Waals surface area contributed by atoms with Gasteiger partial charge in [-0.2, -0.15) is 0 Å². The number of aromatic nitrogens is 1. The molecule has 1 aromatic carbocycles. The van der Waals surface area contributed by atoms with Crippen LogP contribution in [0.15, 0.2) is 41.4 Å². The van der Waals surface area contributed by atoms with Crippen LogP contribution in [-0.2, 0) is 10.0 Å². The fourth-order valence-corrected chi connectivity index (χ4v) is 3.57. The fourth-order valence-electron chi connectivity index (χ4n) is 2.07. The van der Waals surface area contributed by atoms with Gasteiger partial charge in [0.05, 0.1) is 11.1 Å². The first-order valence-corrected chi connectivity index (χ1v) is 8.26. The Balaban J connectivity index is 1.89. The molecule has 1 aliphatic heterocycles. The van der Waals surface area contributed by atoms with Crippen molar-refractivity contribution in [3.63, 3.8) is 0 Å². The lowest BCUT2D eigenvalue weighted by molar-refractivity contribution is 0.325. The molecule has 1 unspecified atom stereocenters. The van der Waals surface area contributed by atoms with Crippen LogP contribution in [-0.4, -0.2) is 20.0 Å². The van der Waals surface area contributed by atoms with Crippen LogP contribution < -0.4 is 9.46 Å². The molecule has 5 nitrogen and oxygen atoms in total. The Bertz CT molecular complexity index is 796. The van der Waals surface area contributed by atoms with Gasteiger partial charge in [0.1, 0.15) is 22.4 Å². The zero-order chi connectivity index (χ0) is 15.0. The van der Waals surface area contributed by atoms with E-state index >= 15 is 0 Å². The summed E-state index contributed by atoms with van der Waals surface area (Å²) in [6.45, 7) is 0.243. The monoisotopic (exact) mass is 344 g/mol. The van der Waals surface area contributed by atoms with Gasteiger partial charge in [0.25, 0.3) is 0 Å². The van der Waals surface area contributed by atoms with E-state index in [1.165, 1.54) is 6.07 Å². The molecule has 8 heteroatoms. The Kier molecular flexibility index (Phi) is 3.79. The standard InChI is InChI=1S/C13H10Cl2N2O3S/c14-10-5-8(6-16-13(10)15)21(18,19)17-11-7-20-12-4-2-1-3-9(11)12/h1-6,11,17H,7H2. The van der Waals surface area contributed by atoms with Crippen LogP contribution in [0, 0.1) is 0 Å². The third-order valence-corrected chi connectivity index (χ3v) is 5.20. The molecule has 0 saturated carbocycles. The van der Waals surface area contributed by atoms with Crippen molar-refractivity contribution in [2.45, 2.75) is 10.9 Å². The fraction of sp³-hybridized carbons (Fsp3) is 0.154. The summed E-state index contributed by atoms with van der Waals surface area (Å²) in [4.78, 5) is 3.71. The molecule has 21 heavy (non-hydrogen) atoms. The number of hydrogen-bond donors (Lipinski definition) is 1. The van der Waals surface area contributed by atoms with E-state index in [1.54, 1.807) is 6.07 Å². The van der Waals surface area contributed by atoms with Crippen molar-refractivity contribution in [3.05, 3.63) is 52.3 Å². The van der Waals surface area contributed by atoms with E-state index in [0.717, 1.165) is 11.8 Å². The van der Waals surface area contributed by atoms with Crippen LogP contribution in [0.2, 0.25) is 10.2 Å². The topological polar surface area (TPSA) is 68.3 Å². The van der Waals surface area contributed by atoms with Crippen molar-refractivity contribution < 1.29 is 13.2 Å². The van der Waals surface area contributed by atoms with Crippen molar-refractivity contribution >= 4 is 33.2 Å². The van der Waals surface area contributed by atoms with Gasteiger partial charge < -0.3 is 4.74 Å². The number of hydrogen-bond acceptors (Lipinski definition) is 4. The molecule has 1 N–H and O–H groups in total. The molecule has 0 saturated heterocycles. The van der Waals surface area contributed by atoms with Crippen LogP contribution in [0.25, 0.3) is 0 Å². The van der Waals surface area contributed by atoms with E-state index < -0.39 is 16.1 Å². The lowest BCUT2D eigenvalue weighted by Crippen LogP contribution is -2.29. The Morgan fingerprint density at radius 2 is 2.05 bits per heavy atom. The van der Waals surface area contributed by atoms with Crippen molar-refractivity contribution in [2.24, 2.45) is 0 Å². The zero-order valence-electron chi connectivity index (χ0n) is 10.6. The van der Waals surface area contributed by atoms with Crippen molar-refractivity contribution in [1.82, 2.24) is 9.71 Å². The SMILES string of the molecule is O=S(=O)(NC1COc2ccccc21)c1cnc(Cl)c(Cl)c1. The predicted octanol–water partition coefficient (Wildman–Crippen LogP) is 2.80. The summed E-state index contributed by atoms with van der Waals surface area (Å²) in [7, 11) is -3.76. The number of halogens is 2. The third kappa shape index (κ3) is 2.85. The summed E-state index contributed by atoms with van der Waals surface area (Å²) >= 11 is 11.5. The number of nitrogens with zero attached hydrogens (tertiary/aromatic N) is 1. The Labute approximate surface area is 131 Å². The van der Waals surface area contributed by atoms with Crippen LogP contribution in [0.3, 0.4) is 0 Å². The molecule has 2 aromatic rings. The maximum Gasteiger partial charge on any atom is 0.242 e. The highest BCUT2D eigenvalue weighted by Gasteiger charge is 2.29. The smallest absolute Gasteiger partial charge is 0.242 e. The Morgan fingerprint density at radius 3 is 2.81 bits per heavy atom. The second kappa shape index (κ2) is 5.46. The van der Waals surface area contributed by atoms with E-state index in [-0.39, 0.29) is 21.7 Å². The lowest BCUT2D eigenvalue weighted by Gasteiger charge is -2.12. The summed E-state index contributed by atoms with van der Waals surface area (Å²) in [5.41, 5.74) is 0.800. The van der Waals surface area contributed by atoms with E-state index in [9.17, 15) is 8.42 Å². The number of benzene rings is 1. The predicted molar refractivity (Wildman–Crippen MR) is 79.3 cm³/mol. The normalized spacial score (nSPS) is 17.3. The van der Waals surface area contributed by atoms with Gasteiger partial charge in [0.15, 0.2) is 0 Å². The molecule has 0 amide bonds. The number of nitrogens with one attached hydrogen (secondary N) is 1. The molecule has 0 spiro atoms. The van der Waals surface area contributed by atoms with Crippen molar-refractivity contribution in [3.8, 4) is 5.75 Å². The van der Waals surface area contributed by atoms with Gasteiger partial charge in [-0.1, -0.05) is 41.4 Å². The minimum absolute atomic E-state index is 0.0405. The molecule has 0 aliphatic carbocycles. The van der Waals surface area contributed by atoms with Gasteiger partial charge in [0, 0.05) is 11.8 Å². The molecule has 0 radical (unpaired) electrons. The van der Waals surface area contributed by atoms with E-state index in [2.05, 4.69) is 9.71 Å². The van der Waals surface area contributed by atoms with Crippen LogP contribution in [0.1, 0.15) is 11.6 Å². The second-order valence-electron chi connectivity index (χ2n) is 4.47. The number of fused-ring (bicyclic) bond motifs is 1.